The Balaban J connectivity index is 1.42. The summed E-state index contributed by atoms with van der Waals surface area (Å²) in [7, 11) is 1.52. The van der Waals surface area contributed by atoms with E-state index < -0.39 is 11.7 Å². The Kier molecular flexibility index (Phi) is 8.47. The van der Waals surface area contributed by atoms with E-state index in [4.69, 9.17) is 17.4 Å². The molecule has 8 nitrogen and oxygen atoms in total. The maximum atomic E-state index is 13.9. The highest BCUT2D eigenvalue weighted by atomic mass is 35.5. The number of piperazine rings is 1. The number of rotatable bonds is 8. The van der Waals surface area contributed by atoms with Gasteiger partial charge in [-0.05, 0) is 30.2 Å². The number of benzene rings is 3. The molecular formula is C33H34ClN5O3. The molecule has 216 valence electrons. The van der Waals surface area contributed by atoms with Crippen molar-refractivity contribution in [1.29, 1.82) is 0 Å². The summed E-state index contributed by atoms with van der Waals surface area (Å²) in [6, 6.07) is 23.9. The zero-order valence-corrected chi connectivity index (χ0v) is 24.5. The van der Waals surface area contributed by atoms with Crippen LogP contribution in [-0.4, -0.2) is 76.2 Å². The Labute approximate surface area is 250 Å². The van der Waals surface area contributed by atoms with E-state index >= 15 is 0 Å². The second-order valence-corrected chi connectivity index (χ2v) is 11.1. The average molecular weight is 584 g/mol. The van der Waals surface area contributed by atoms with Crippen molar-refractivity contribution >= 4 is 40.1 Å². The van der Waals surface area contributed by atoms with Crippen LogP contribution in [-0.2, 0) is 4.79 Å². The number of carbonyl (C=O) groups excluding carboxylic acids is 3. The minimum atomic E-state index is -0.718. The topological polar surface area (TPSA) is 91.9 Å². The molecule has 3 aromatic carbocycles. The van der Waals surface area contributed by atoms with Crippen LogP contribution in [0, 0.1) is 0 Å². The lowest BCUT2D eigenvalue weighted by atomic mass is 9.95. The highest BCUT2D eigenvalue weighted by molar-refractivity contribution is 6.45. The zero-order chi connectivity index (χ0) is 30.0. The quantitative estimate of drug-likeness (QED) is 0.140. The first-order valence-electron chi connectivity index (χ1n) is 13.9. The number of fused-ring (bicyclic) bond motifs is 1. The van der Waals surface area contributed by atoms with E-state index in [9.17, 15) is 14.4 Å². The van der Waals surface area contributed by atoms with E-state index in [1.54, 1.807) is 12.1 Å². The van der Waals surface area contributed by atoms with Gasteiger partial charge in [0.2, 0.25) is 0 Å². The molecule has 1 aliphatic rings. The molecule has 1 aliphatic heterocycles. The monoisotopic (exact) mass is 583 g/mol. The van der Waals surface area contributed by atoms with Gasteiger partial charge in [0, 0.05) is 50.9 Å². The van der Waals surface area contributed by atoms with Gasteiger partial charge in [-0.25, -0.2) is 0 Å². The summed E-state index contributed by atoms with van der Waals surface area (Å²) in [6.45, 7) is 7.69. The summed E-state index contributed by atoms with van der Waals surface area (Å²) in [4.78, 5) is 45.3. The number of halogens is 1. The molecular weight excluding hydrogens is 550 g/mol. The molecule has 0 saturated carbocycles. The van der Waals surface area contributed by atoms with Gasteiger partial charge < -0.3 is 15.6 Å². The molecule has 2 N–H and O–H groups in total. The van der Waals surface area contributed by atoms with Crippen LogP contribution >= 0.6 is 11.6 Å². The fraction of sp³-hybridized carbons (Fsp3) is 0.242. The number of hydrogen-bond donors (Lipinski definition) is 1. The van der Waals surface area contributed by atoms with E-state index in [0.717, 1.165) is 0 Å². The van der Waals surface area contributed by atoms with Gasteiger partial charge >= 0.3 is 0 Å². The zero-order valence-electron chi connectivity index (χ0n) is 23.7. The maximum Gasteiger partial charge on any atom is 0.295 e. The molecule has 1 unspecified atom stereocenters. The van der Waals surface area contributed by atoms with Gasteiger partial charge in [0.05, 0.1) is 27.7 Å². The van der Waals surface area contributed by atoms with Crippen molar-refractivity contribution in [2.24, 2.45) is 0 Å². The number of amides is 2. The molecule has 0 radical (unpaired) electrons. The minimum Gasteiger partial charge on any atom is -0.339 e. The molecule has 0 spiro atoms. The number of hydrogen-bond acceptors (Lipinski definition) is 5. The summed E-state index contributed by atoms with van der Waals surface area (Å²) in [5.74, 6) is 4.47. The van der Waals surface area contributed by atoms with E-state index in [-0.39, 0.29) is 40.7 Å². The van der Waals surface area contributed by atoms with E-state index in [1.165, 1.54) is 40.0 Å². The van der Waals surface area contributed by atoms with Crippen LogP contribution in [0.5, 0.6) is 0 Å². The fourth-order valence-corrected chi connectivity index (χ4v) is 5.98. The lowest BCUT2D eigenvalue weighted by molar-refractivity contribution is -0.124. The fourth-order valence-electron chi connectivity index (χ4n) is 5.74. The van der Waals surface area contributed by atoms with Crippen LogP contribution in [0.25, 0.3) is 10.9 Å². The molecule has 0 aliphatic carbocycles. The molecule has 2 amide bonds. The van der Waals surface area contributed by atoms with Gasteiger partial charge in [-0.1, -0.05) is 78.3 Å². The normalized spacial score (nSPS) is 15.6. The number of nitrogen functional groups attached to an aromatic ring is 1. The van der Waals surface area contributed by atoms with Crippen molar-refractivity contribution in [2.45, 2.75) is 19.0 Å². The SMILES string of the molecule is C=CCN(C)C(=O)C(=O)c1cn(N)c2cc(Cl)c(C(=O)N3CCN(C(c4ccccc4)c4ccccc4)CC3C)cc12. The van der Waals surface area contributed by atoms with Crippen LogP contribution in [0.4, 0.5) is 0 Å². The Morgan fingerprint density at radius 1 is 1.02 bits per heavy atom. The summed E-state index contributed by atoms with van der Waals surface area (Å²) in [5, 5.41) is 0.627. The van der Waals surface area contributed by atoms with Crippen LogP contribution in [0.15, 0.2) is 91.6 Å². The lowest BCUT2D eigenvalue weighted by Crippen LogP contribution is -2.54. The van der Waals surface area contributed by atoms with Gasteiger partial charge in [-0.3, -0.25) is 24.0 Å². The van der Waals surface area contributed by atoms with Crippen molar-refractivity contribution in [1.82, 2.24) is 19.4 Å². The second kappa shape index (κ2) is 12.2. The molecule has 1 aromatic heterocycles. The summed E-state index contributed by atoms with van der Waals surface area (Å²) >= 11 is 6.62. The number of aromatic nitrogens is 1. The predicted molar refractivity (Wildman–Crippen MR) is 166 cm³/mol. The van der Waals surface area contributed by atoms with Crippen molar-refractivity contribution in [2.75, 3.05) is 39.1 Å². The molecule has 4 aromatic rings. The Morgan fingerprint density at radius 3 is 2.21 bits per heavy atom. The number of ketones is 1. The van der Waals surface area contributed by atoms with Gasteiger partial charge in [-0.2, -0.15) is 0 Å². The molecule has 5 rings (SSSR count). The minimum absolute atomic E-state index is 0.0571. The van der Waals surface area contributed by atoms with Gasteiger partial charge in [0.15, 0.2) is 0 Å². The largest absolute Gasteiger partial charge is 0.339 e. The third-order valence-electron chi connectivity index (χ3n) is 7.86. The van der Waals surface area contributed by atoms with Gasteiger partial charge in [0.25, 0.3) is 17.6 Å². The Hall–Kier alpha value is -4.40. The Morgan fingerprint density at radius 2 is 1.64 bits per heavy atom. The van der Waals surface area contributed by atoms with Crippen molar-refractivity contribution in [3.63, 3.8) is 0 Å². The number of carbonyl (C=O) groups is 3. The summed E-state index contributed by atoms with van der Waals surface area (Å²) in [5.41, 5.74) is 3.22. The first-order chi connectivity index (χ1) is 20.2. The van der Waals surface area contributed by atoms with Crippen molar-refractivity contribution in [3.8, 4) is 0 Å². The number of nitrogens with two attached hydrogens (primary N) is 1. The first-order valence-corrected chi connectivity index (χ1v) is 14.2. The molecule has 1 saturated heterocycles. The number of likely N-dealkylation sites (N-methyl/N-ethyl adjacent to an activating group) is 1. The third kappa shape index (κ3) is 5.55. The average Bonchev–Trinajstić information content (AvgIpc) is 3.32. The second-order valence-electron chi connectivity index (χ2n) is 10.7. The van der Waals surface area contributed by atoms with Gasteiger partial charge in [-0.15, -0.1) is 6.58 Å². The van der Waals surface area contributed by atoms with Gasteiger partial charge in [0.1, 0.15) is 0 Å². The van der Waals surface area contributed by atoms with E-state index in [2.05, 4.69) is 35.7 Å². The third-order valence-corrected chi connectivity index (χ3v) is 8.17. The molecule has 0 bridgehead atoms. The van der Waals surface area contributed by atoms with Crippen molar-refractivity contribution < 1.29 is 14.4 Å². The maximum absolute atomic E-state index is 13.9. The van der Waals surface area contributed by atoms with E-state index in [0.29, 0.717) is 30.5 Å². The number of nitrogens with zero attached hydrogens (tertiary/aromatic N) is 4. The molecule has 1 fully saturated rings. The summed E-state index contributed by atoms with van der Waals surface area (Å²) in [6.07, 6.45) is 2.93. The highest BCUT2D eigenvalue weighted by Gasteiger charge is 2.34. The molecule has 2 heterocycles. The van der Waals surface area contributed by atoms with Crippen LogP contribution in [0.1, 0.15) is 44.8 Å². The van der Waals surface area contributed by atoms with Crippen molar-refractivity contribution in [3.05, 3.63) is 119 Å². The summed E-state index contributed by atoms with van der Waals surface area (Å²) < 4.78 is 1.25. The standard InChI is InChI=1S/C33H34ClN5O3/c1-4-15-36(3)33(42)31(40)27-21-39(35)29-19-28(34)26(18-25(27)29)32(41)38-17-16-37(20-22(38)2)30(23-11-7-5-8-12-23)24-13-9-6-10-14-24/h4-14,18-19,21-22,30H,1,15-17,20,35H2,2-3H3. The van der Waals surface area contributed by atoms with E-state index in [1.807, 2.05) is 48.2 Å². The Bertz CT molecular complexity index is 1600. The predicted octanol–water partition coefficient (Wildman–Crippen LogP) is 4.77. The van der Waals surface area contributed by atoms with Crippen LogP contribution in [0.2, 0.25) is 5.02 Å². The molecule has 42 heavy (non-hydrogen) atoms. The first kappa shape index (κ1) is 29.1. The lowest BCUT2D eigenvalue weighted by Gasteiger charge is -2.43. The van der Waals surface area contributed by atoms with Crippen LogP contribution < -0.4 is 5.84 Å². The molecule has 1 atom stereocenters. The smallest absolute Gasteiger partial charge is 0.295 e. The highest BCUT2D eigenvalue weighted by Crippen LogP contribution is 2.33. The molecule has 9 heteroatoms. The van der Waals surface area contributed by atoms with Crippen LogP contribution in [0.3, 0.4) is 0 Å². The number of Topliss-reactive ketones (excluding diaryl/α,β-unsaturated/α-hetero) is 1.